The van der Waals surface area contributed by atoms with Crippen molar-refractivity contribution in [2.24, 2.45) is 0 Å². The summed E-state index contributed by atoms with van der Waals surface area (Å²) < 4.78 is 0. The molecule has 0 unspecified atom stereocenters. The van der Waals surface area contributed by atoms with Crippen LogP contribution in [0.4, 0.5) is 0 Å². The quantitative estimate of drug-likeness (QED) is 0.163. The summed E-state index contributed by atoms with van der Waals surface area (Å²) >= 11 is 0. The van der Waals surface area contributed by atoms with Crippen molar-refractivity contribution in [3.63, 3.8) is 0 Å². The zero-order chi connectivity index (χ0) is 30.5. The van der Waals surface area contributed by atoms with Gasteiger partial charge in [-0.05, 0) is 48.5 Å². The Morgan fingerprint density at radius 3 is 0.578 bits per heavy atom. The van der Waals surface area contributed by atoms with Crippen LogP contribution in [-0.4, -0.2) is 40.0 Å². The average molecular weight is 1180 g/mol. The number of halogens is 2. The predicted octanol–water partition coefficient (Wildman–Crippen LogP) is 4.30. The van der Waals surface area contributed by atoms with Crippen LogP contribution in [0, 0.1) is 47.4 Å². The fourth-order valence-corrected chi connectivity index (χ4v) is 6.72. The van der Waals surface area contributed by atoms with Gasteiger partial charge in [0.2, 0.25) is 0 Å². The molecule has 0 saturated carbocycles. The van der Waals surface area contributed by atoms with Gasteiger partial charge in [-0.3, -0.25) is 0 Å². The largest absolute Gasteiger partial charge is 3.00 e. The fraction of sp³-hybridized carbons (Fsp3) is 0.162. The van der Waals surface area contributed by atoms with Gasteiger partial charge in [0, 0.05) is 83.6 Å². The molecular formula is C37H53Au2Br2P4-2. The molecule has 4 aromatic carbocycles. The molecule has 45 heavy (non-hydrogen) atoms. The van der Waals surface area contributed by atoms with Crippen LogP contribution in [0.3, 0.4) is 0 Å². The number of hydrogen-bond donors (Lipinski definition) is 0. The van der Waals surface area contributed by atoms with Gasteiger partial charge >= 0.3 is 22.4 Å². The molecule has 0 bridgehead atoms. The minimum atomic E-state index is -1.65. The molecule has 259 valence electrons. The third-order valence-corrected chi connectivity index (χ3v) is 10.1. The summed E-state index contributed by atoms with van der Waals surface area (Å²) in [7, 11) is -4.57. The topological polar surface area (TPSA) is 0 Å². The van der Waals surface area contributed by atoms with Gasteiger partial charge in [0.25, 0.3) is 0 Å². The summed E-state index contributed by atoms with van der Waals surface area (Å²) in [6, 6.07) is 41.3. The summed E-state index contributed by atoms with van der Waals surface area (Å²) in [5.74, 6) is 0. The first-order valence-corrected chi connectivity index (χ1v) is 24.1. The molecule has 0 aliphatic carbocycles. The molecule has 0 spiro atoms. The third kappa shape index (κ3) is 25.6. The fourth-order valence-electron chi connectivity index (χ4n) is 3.15. The molecule has 1 radical (unpaired) electrons. The monoisotopic (exact) mass is 1170 g/mol. The molecule has 0 aliphatic rings. The molecular weight excluding hydrogens is 1120 g/mol. The first kappa shape index (κ1) is 55.5. The Hall–Kier alpha value is 1.04. The molecule has 0 saturated heterocycles. The summed E-state index contributed by atoms with van der Waals surface area (Å²) in [4.78, 5) is 0. The Morgan fingerprint density at radius 2 is 0.467 bits per heavy atom. The zero-order valence-corrected chi connectivity index (χ0v) is 39.0. The van der Waals surface area contributed by atoms with Crippen LogP contribution in [-0.2, 0) is 44.8 Å². The van der Waals surface area contributed by atoms with Crippen molar-refractivity contribution in [2.75, 3.05) is 40.0 Å². The van der Waals surface area contributed by atoms with Crippen LogP contribution >= 0.6 is 29.0 Å². The first-order valence-electron chi connectivity index (χ1n) is 13.1. The van der Waals surface area contributed by atoms with E-state index in [-0.39, 0.29) is 86.2 Å². The Balaban J connectivity index is -0.000000169. The summed E-state index contributed by atoms with van der Waals surface area (Å²) in [6.07, 6.45) is 0. The summed E-state index contributed by atoms with van der Waals surface area (Å²) in [5, 5.41) is 4.99. The van der Waals surface area contributed by atoms with Crippen LogP contribution < -0.4 is 55.2 Å². The molecule has 0 amide bonds. The predicted molar refractivity (Wildman–Crippen MR) is 206 cm³/mol. The van der Waals surface area contributed by atoms with E-state index in [9.17, 15) is 0 Å². The zero-order valence-electron chi connectivity index (χ0n) is 27.9. The van der Waals surface area contributed by atoms with Crippen molar-refractivity contribution in [3.05, 3.63) is 169 Å². The van der Waals surface area contributed by atoms with E-state index in [0.29, 0.717) is 0 Å². The second kappa shape index (κ2) is 26.8. The van der Waals surface area contributed by atoms with E-state index in [4.69, 9.17) is 0 Å². The average Bonchev–Trinajstić information content (AvgIpc) is 2.89. The van der Waals surface area contributed by atoms with E-state index in [0.717, 1.165) is 0 Å². The van der Waals surface area contributed by atoms with Gasteiger partial charge in [-0.25, -0.2) is 0 Å². The first-order chi connectivity index (χ1) is 18.4. The molecule has 8 heteroatoms. The minimum absolute atomic E-state index is 0. The Bertz CT molecular complexity index is 1020. The van der Waals surface area contributed by atoms with E-state index in [1.165, 1.54) is 21.2 Å². The molecule has 0 fully saturated rings. The van der Waals surface area contributed by atoms with Gasteiger partial charge in [-0.2, -0.15) is 54.5 Å². The van der Waals surface area contributed by atoms with Crippen molar-refractivity contribution in [2.45, 2.75) is 0 Å². The molecule has 4 rings (SSSR count). The Morgan fingerprint density at radius 1 is 0.356 bits per heavy atom. The molecule has 4 aromatic rings. The third-order valence-electron chi connectivity index (χ3n) is 5.00. The second-order valence-corrected chi connectivity index (χ2v) is 27.0. The maximum absolute atomic E-state index is 4.31. The molecule has 0 aliphatic heterocycles. The van der Waals surface area contributed by atoms with Crippen molar-refractivity contribution in [1.82, 2.24) is 0 Å². The standard InChI is InChI=1S/2C14H14P.2C4H11P.CH3.2Au.2BrH/c2*1-15(2,13-9-5-3-6-10-13)14-11-7-4-8-12-14;2*1-5(2,3)4;;;;;/h2*3-12H,1-2H2;2*1H2,2-4H3;1H3;;;2*1H/q2*-1;;;-1;;+3;;/p-2. The van der Waals surface area contributed by atoms with Crippen LogP contribution in [0.15, 0.2) is 121 Å². The summed E-state index contributed by atoms with van der Waals surface area (Å²) in [6.45, 7) is 38.1. The van der Waals surface area contributed by atoms with Gasteiger partial charge in [-0.1, -0.05) is 72.8 Å². The van der Waals surface area contributed by atoms with E-state index in [2.05, 4.69) is 129 Å². The Kier molecular flexibility index (Phi) is 33.1. The number of rotatable bonds is 4. The van der Waals surface area contributed by atoms with Crippen LogP contribution in [0.5, 0.6) is 0 Å². The van der Waals surface area contributed by atoms with E-state index in [1.54, 1.807) is 0 Å². The van der Waals surface area contributed by atoms with Gasteiger partial charge in [0.1, 0.15) is 0 Å². The molecule has 0 N–H and O–H groups in total. The normalized spacial score (nSPS) is 10.2. The Labute approximate surface area is 334 Å². The summed E-state index contributed by atoms with van der Waals surface area (Å²) in [5.41, 5.74) is 0. The molecule has 0 heterocycles. The van der Waals surface area contributed by atoms with Gasteiger partial charge in [-0.15, -0.1) is 14.5 Å². The maximum Gasteiger partial charge on any atom is 3.00 e. The van der Waals surface area contributed by atoms with Crippen molar-refractivity contribution >= 4 is 50.3 Å². The van der Waals surface area contributed by atoms with Crippen molar-refractivity contribution < 1.29 is 78.7 Å². The van der Waals surface area contributed by atoms with E-state index < -0.39 is 29.0 Å². The molecule has 0 atom stereocenters. The molecule has 0 aromatic heterocycles. The number of benzene rings is 4. The molecule has 0 nitrogen and oxygen atoms in total. The van der Waals surface area contributed by atoms with Gasteiger partial charge in [0.15, 0.2) is 0 Å². The van der Waals surface area contributed by atoms with Crippen LogP contribution in [0.2, 0.25) is 0 Å². The van der Waals surface area contributed by atoms with E-state index >= 15 is 0 Å². The van der Waals surface area contributed by atoms with Crippen molar-refractivity contribution in [3.8, 4) is 0 Å². The minimum Gasteiger partial charge on any atom is -1.00 e. The van der Waals surface area contributed by atoms with Gasteiger partial charge < -0.3 is 41.4 Å². The smallest absolute Gasteiger partial charge is 1.00 e. The van der Waals surface area contributed by atoms with Gasteiger partial charge in [0.05, 0.1) is 0 Å². The second-order valence-electron chi connectivity index (χ2n) is 11.9. The van der Waals surface area contributed by atoms with E-state index in [1.807, 2.05) is 72.8 Å². The number of hydrogen-bond acceptors (Lipinski definition) is 0. The maximum atomic E-state index is 4.31. The SMILES string of the molecule is [Au+3].[Au].[Br-].[Br-].[CH2-][P+](C)(C)C.[CH2-][P+](C)(C)C.[CH2-][P+]([CH2-])(c1ccccc1)c1ccccc1.[CH2-][P+]([CH2-])(c1ccccc1)c1ccccc1.[CH3-]. The van der Waals surface area contributed by atoms with Crippen LogP contribution in [0.1, 0.15) is 0 Å². The van der Waals surface area contributed by atoms with Crippen LogP contribution in [0.25, 0.3) is 0 Å². The van der Waals surface area contributed by atoms with Crippen molar-refractivity contribution in [1.29, 1.82) is 0 Å².